The van der Waals surface area contributed by atoms with Crippen molar-refractivity contribution >= 4 is 5.97 Å². The van der Waals surface area contributed by atoms with Gasteiger partial charge in [-0.2, -0.15) is 5.10 Å². The molecule has 20 heavy (non-hydrogen) atoms. The van der Waals surface area contributed by atoms with E-state index in [1.165, 1.54) is 0 Å². The summed E-state index contributed by atoms with van der Waals surface area (Å²) in [6, 6.07) is 7.94. The van der Waals surface area contributed by atoms with Gasteiger partial charge in [-0.05, 0) is 12.5 Å². The van der Waals surface area contributed by atoms with Gasteiger partial charge in [-0.3, -0.25) is 4.68 Å². The van der Waals surface area contributed by atoms with E-state index in [2.05, 4.69) is 11.7 Å². The highest BCUT2D eigenvalue weighted by Crippen LogP contribution is 2.42. The second-order valence-corrected chi connectivity index (χ2v) is 5.35. The molecule has 2 heterocycles. The number of hydrogen-bond acceptors (Lipinski definition) is 3. The van der Waals surface area contributed by atoms with Gasteiger partial charge in [0.1, 0.15) is 5.60 Å². The molecule has 1 saturated heterocycles. The third-order valence-electron chi connectivity index (χ3n) is 3.67. The number of cyclic esters (lactones) is 1. The molecule has 1 aliphatic heterocycles. The summed E-state index contributed by atoms with van der Waals surface area (Å²) in [7, 11) is 1.88. The van der Waals surface area contributed by atoms with Gasteiger partial charge in [0.2, 0.25) is 0 Å². The van der Waals surface area contributed by atoms with Gasteiger partial charge in [-0.25, -0.2) is 4.79 Å². The minimum atomic E-state index is -0.652. The Balaban J connectivity index is 2.11. The standard InChI is InChI=1S/C16H16N2O2/c1-11-8-16(2,20-15(11)19)14-7-5-4-6-13(14)12-9-17-18(3)10-12/h4-7,9-10H,1,8H2,2-3H3. The molecule has 0 spiro atoms. The lowest BCUT2D eigenvalue weighted by atomic mass is 9.86. The Hall–Kier alpha value is -2.36. The van der Waals surface area contributed by atoms with Gasteiger partial charge < -0.3 is 4.74 Å². The summed E-state index contributed by atoms with van der Waals surface area (Å²) >= 11 is 0. The highest BCUT2D eigenvalue weighted by Gasteiger charge is 2.41. The van der Waals surface area contributed by atoms with Crippen molar-refractivity contribution in [1.82, 2.24) is 9.78 Å². The summed E-state index contributed by atoms with van der Waals surface area (Å²) in [5, 5.41) is 4.20. The minimum absolute atomic E-state index is 0.312. The topological polar surface area (TPSA) is 44.1 Å². The van der Waals surface area contributed by atoms with Crippen molar-refractivity contribution in [3.63, 3.8) is 0 Å². The van der Waals surface area contributed by atoms with Crippen LogP contribution in [0, 0.1) is 0 Å². The molecule has 0 saturated carbocycles. The monoisotopic (exact) mass is 268 g/mol. The molecule has 4 nitrogen and oxygen atoms in total. The number of nitrogens with zero attached hydrogens (tertiary/aromatic N) is 2. The van der Waals surface area contributed by atoms with E-state index in [4.69, 9.17) is 4.74 Å². The Bertz CT molecular complexity index is 684. The number of aryl methyl sites for hydroxylation is 1. The first kappa shape index (κ1) is 12.7. The minimum Gasteiger partial charge on any atom is -0.451 e. The lowest BCUT2D eigenvalue weighted by molar-refractivity contribution is -0.145. The molecule has 3 rings (SSSR count). The number of esters is 1. The van der Waals surface area contributed by atoms with Crippen LogP contribution in [0.2, 0.25) is 0 Å². The molecule has 0 N–H and O–H groups in total. The van der Waals surface area contributed by atoms with Gasteiger partial charge in [-0.1, -0.05) is 30.8 Å². The zero-order valence-electron chi connectivity index (χ0n) is 11.6. The maximum atomic E-state index is 11.7. The van der Waals surface area contributed by atoms with Crippen LogP contribution in [0.3, 0.4) is 0 Å². The number of hydrogen-bond donors (Lipinski definition) is 0. The smallest absolute Gasteiger partial charge is 0.334 e. The summed E-state index contributed by atoms with van der Waals surface area (Å²) < 4.78 is 7.31. The summed E-state index contributed by atoms with van der Waals surface area (Å²) in [6.45, 7) is 5.70. The Morgan fingerprint density at radius 2 is 2.15 bits per heavy atom. The number of ether oxygens (including phenoxy) is 1. The second kappa shape index (κ2) is 4.34. The summed E-state index contributed by atoms with van der Waals surface area (Å²) in [4.78, 5) is 11.7. The van der Waals surface area contributed by atoms with Gasteiger partial charge >= 0.3 is 5.97 Å². The predicted molar refractivity (Wildman–Crippen MR) is 75.8 cm³/mol. The summed E-state index contributed by atoms with van der Waals surface area (Å²) in [5.74, 6) is -0.312. The molecule has 1 aliphatic rings. The average molecular weight is 268 g/mol. The second-order valence-electron chi connectivity index (χ2n) is 5.35. The maximum absolute atomic E-state index is 11.7. The van der Waals surface area contributed by atoms with Crippen LogP contribution in [0.5, 0.6) is 0 Å². The first-order valence-corrected chi connectivity index (χ1v) is 6.49. The Labute approximate surface area is 117 Å². The van der Waals surface area contributed by atoms with E-state index in [0.29, 0.717) is 12.0 Å². The normalized spacial score (nSPS) is 22.1. The number of carbonyl (C=O) groups excluding carboxylic acids is 1. The molecule has 1 unspecified atom stereocenters. The molecular formula is C16H16N2O2. The van der Waals surface area contributed by atoms with Gasteiger partial charge in [0.15, 0.2) is 0 Å². The van der Waals surface area contributed by atoms with Gasteiger partial charge in [-0.15, -0.1) is 0 Å². The Morgan fingerprint density at radius 1 is 1.40 bits per heavy atom. The van der Waals surface area contributed by atoms with Crippen LogP contribution in [-0.4, -0.2) is 15.7 Å². The highest BCUT2D eigenvalue weighted by atomic mass is 16.6. The first-order valence-electron chi connectivity index (χ1n) is 6.49. The zero-order valence-corrected chi connectivity index (χ0v) is 11.6. The van der Waals surface area contributed by atoms with E-state index < -0.39 is 5.60 Å². The lowest BCUT2D eigenvalue weighted by Crippen LogP contribution is -2.21. The van der Waals surface area contributed by atoms with Crippen LogP contribution < -0.4 is 0 Å². The third kappa shape index (κ3) is 1.93. The molecule has 1 aromatic heterocycles. The fourth-order valence-electron chi connectivity index (χ4n) is 2.70. The predicted octanol–water partition coefficient (Wildman–Crippen LogP) is 2.81. The van der Waals surface area contributed by atoms with Crippen LogP contribution in [0.25, 0.3) is 11.1 Å². The van der Waals surface area contributed by atoms with Crippen molar-refractivity contribution in [1.29, 1.82) is 0 Å². The number of carbonyl (C=O) groups is 1. The van der Waals surface area contributed by atoms with Gasteiger partial charge in [0, 0.05) is 36.4 Å². The first-order chi connectivity index (χ1) is 9.49. The van der Waals surface area contributed by atoms with E-state index >= 15 is 0 Å². The van der Waals surface area contributed by atoms with Crippen molar-refractivity contribution in [2.45, 2.75) is 18.9 Å². The zero-order chi connectivity index (χ0) is 14.3. The van der Waals surface area contributed by atoms with Crippen molar-refractivity contribution in [3.05, 3.63) is 54.4 Å². The number of benzene rings is 1. The molecule has 0 radical (unpaired) electrons. The fourth-order valence-corrected chi connectivity index (χ4v) is 2.70. The SMILES string of the molecule is C=C1CC(C)(c2ccccc2-c2cnn(C)c2)OC1=O. The molecule has 2 aromatic rings. The number of aromatic nitrogens is 2. The van der Waals surface area contributed by atoms with Crippen LogP contribution in [-0.2, 0) is 22.2 Å². The van der Waals surface area contributed by atoms with Crippen LogP contribution in [0.4, 0.5) is 0 Å². The molecule has 4 heteroatoms. The maximum Gasteiger partial charge on any atom is 0.334 e. The average Bonchev–Trinajstić information content (AvgIpc) is 2.95. The highest BCUT2D eigenvalue weighted by molar-refractivity contribution is 5.91. The molecule has 1 atom stereocenters. The summed E-state index contributed by atoms with van der Waals surface area (Å²) in [6.07, 6.45) is 4.28. The van der Waals surface area contributed by atoms with Crippen molar-refractivity contribution in [3.8, 4) is 11.1 Å². The quantitative estimate of drug-likeness (QED) is 0.621. The Kier molecular flexibility index (Phi) is 2.74. The molecule has 0 aliphatic carbocycles. The number of rotatable bonds is 2. The van der Waals surface area contributed by atoms with E-state index in [-0.39, 0.29) is 5.97 Å². The third-order valence-corrected chi connectivity index (χ3v) is 3.67. The fraction of sp³-hybridized carbons (Fsp3) is 0.250. The van der Waals surface area contributed by atoms with E-state index in [9.17, 15) is 4.79 Å². The molecular weight excluding hydrogens is 252 g/mol. The van der Waals surface area contributed by atoms with E-state index in [0.717, 1.165) is 16.7 Å². The molecule has 1 fully saturated rings. The largest absolute Gasteiger partial charge is 0.451 e. The van der Waals surface area contributed by atoms with Gasteiger partial charge in [0.25, 0.3) is 0 Å². The van der Waals surface area contributed by atoms with E-state index in [1.54, 1.807) is 4.68 Å². The van der Waals surface area contributed by atoms with Crippen LogP contribution in [0.1, 0.15) is 18.9 Å². The van der Waals surface area contributed by atoms with Crippen molar-refractivity contribution < 1.29 is 9.53 Å². The van der Waals surface area contributed by atoms with Crippen molar-refractivity contribution in [2.75, 3.05) is 0 Å². The molecule has 1 aromatic carbocycles. The van der Waals surface area contributed by atoms with E-state index in [1.807, 2.05) is 50.6 Å². The lowest BCUT2D eigenvalue weighted by Gasteiger charge is -2.25. The summed E-state index contributed by atoms with van der Waals surface area (Å²) in [5.41, 5.74) is 2.90. The molecule has 102 valence electrons. The van der Waals surface area contributed by atoms with Crippen LogP contribution >= 0.6 is 0 Å². The van der Waals surface area contributed by atoms with Gasteiger partial charge in [0.05, 0.1) is 6.20 Å². The Morgan fingerprint density at radius 3 is 2.75 bits per heavy atom. The molecule has 0 amide bonds. The van der Waals surface area contributed by atoms with Crippen LogP contribution in [0.15, 0.2) is 48.8 Å². The molecule has 0 bridgehead atoms. The van der Waals surface area contributed by atoms with Crippen molar-refractivity contribution in [2.24, 2.45) is 7.05 Å².